The number of ether oxygens (including phenoxy) is 1. The van der Waals surface area contributed by atoms with Crippen molar-refractivity contribution in [1.29, 1.82) is 0 Å². The first kappa shape index (κ1) is 14.6. The second-order valence-electron chi connectivity index (χ2n) is 3.93. The lowest BCUT2D eigenvalue weighted by Gasteiger charge is -2.13. The van der Waals surface area contributed by atoms with Gasteiger partial charge in [-0.1, -0.05) is 23.7 Å². The van der Waals surface area contributed by atoms with Crippen LogP contribution >= 0.6 is 11.6 Å². The third-order valence-electron chi connectivity index (χ3n) is 2.50. The van der Waals surface area contributed by atoms with Gasteiger partial charge in [-0.2, -0.15) is 13.2 Å². The van der Waals surface area contributed by atoms with E-state index in [2.05, 4.69) is 4.98 Å². The molecule has 0 spiro atoms. The highest BCUT2D eigenvalue weighted by Crippen LogP contribution is 2.38. The van der Waals surface area contributed by atoms with Crippen LogP contribution in [0, 0.1) is 0 Å². The fraction of sp³-hybridized carbons (Fsp3) is 0.154. The molecule has 0 amide bonds. The minimum Gasteiger partial charge on any atom is -0.437 e. The molecule has 1 aromatic carbocycles. The average Bonchev–Trinajstić information content (AvgIpc) is 2.40. The van der Waals surface area contributed by atoms with Gasteiger partial charge in [0, 0.05) is 12.7 Å². The molecule has 2 rings (SSSR count). The van der Waals surface area contributed by atoms with E-state index in [1.807, 2.05) is 0 Å². The van der Waals surface area contributed by atoms with E-state index in [-0.39, 0.29) is 23.2 Å². The quantitative estimate of drug-likeness (QED) is 0.932. The zero-order chi connectivity index (χ0) is 14.8. The molecule has 0 aliphatic rings. The Hall–Kier alpha value is -1.79. The predicted octanol–water partition coefficient (Wildman–Crippen LogP) is 4.00. The number of pyridine rings is 1. The van der Waals surface area contributed by atoms with Crippen molar-refractivity contribution < 1.29 is 17.9 Å². The van der Waals surface area contributed by atoms with Gasteiger partial charge in [-0.15, -0.1) is 0 Å². The molecule has 0 radical (unpaired) electrons. The van der Waals surface area contributed by atoms with Gasteiger partial charge in [0.05, 0.1) is 5.56 Å². The van der Waals surface area contributed by atoms with E-state index >= 15 is 0 Å². The summed E-state index contributed by atoms with van der Waals surface area (Å²) in [7, 11) is 0. The maximum atomic E-state index is 12.8. The van der Waals surface area contributed by atoms with Crippen LogP contribution in [0.4, 0.5) is 13.2 Å². The molecule has 1 heterocycles. The highest BCUT2D eigenvalue weighted by Gasteiger charge is 2.34. The number of benzene rings is 1. The summed E-state index contributed by atoms with van der Waals surface area (Å²) in [6.45, 7) is 0.228. The van der Waals surface area contributed by atoms with Crippen LogP contribution in [0.5, 0.6) is 11.6 Å². The molecule has 0 saturated carbocycles. The Labute approximate surface area is 118 Å². The number of halogens is 4. The first-order valence-electron chi connectivity index (χ1n) is 5.60. The van der Waals surface area contributed by atoms with Crippen LogP contribution in [0.25, 0.3) is 0 Å². The Morgan fingerprint density at radius 3 is 2.55 bits per heavy atom. The summed E-state index contributed by atoms with van der Waals surface area (Å²) in [6, 6.07) is 6.35. The Morgan fingerprint density at radius 1 is 1.25 bits per heavy atom. The number of hydrogen-bond acceptors (Lipinski definition) is 3. The molecular weight excluding hydrogens is 293 g/mol. The van der Waals surface area contributed by atoms with E-state index in [1.165, 1.54) is 30.5 Å². The van der Waals surface area contributed by atoms with Gasteiger partial charge in [0.15, 0.2) is 0 Å². The van der Waals surface area contributed by atoms with Crippen LogP contribution in [-0.4, -0.2) is 4.98 Å². The van der Waals surface area contributed by atoms with Crippen molar-refractivity contribution in [3.05, 3.63) is 52.7 Å². The predicted molar refractivity (Wildman–Crippen MR) is 68.7 cm³/mol. The molecule has 2 aromatic rings. The maximum Gasteiger partial charge on any atom is 0.419 e. The molecule has 0 fully saturated rings. The average molecular weight is 303 g/mol. The van der Waals surface area contributed by atoms with Crippen molar-refractivity contribution >= 4 is 11.6 Å². The molecule has 0 atom stereocenters. The summed E-state index contributed by atoms with van der Waals surface area (Å²) in [4.78, 5) is 3.87. The monoisotopic (exact) mass is 302 g/mol. The van der Waals surface area contributed by atoms with E-state index in [9.17, 15) is 13.2 Å². The van der Waals surface area contributed by atoms with Gasteiger partial charge in [-0.05, 0) is 23.8 Å². The van der Waals surface area contributed by atoms with Crippen LogP contribution in [0.3, 0.4) is 0 Å². The number of para-hydroxylation sites is 1. The van der Waals surface area contributed by atoms with Crippen molar-refractivity contribution in [2.45, 2.75) is 12.7 Å². The number of alkyl halides is 3. The molecule has 20 heavy (non-hydrogen) atoms. The van der Waals surface area contributed by atoms with Gasteiger partial charge < -0.3 is 10.5 Å². The summed E-state index contributed by atoms with van der Waals surface area (Å²) >= 11 is 5.90. The topological polar surface area (TPSA) is 48.1 Å². The third-order valence-corrected chi connectivity index (χ3v) is 2.77. The molecule has 0 bridgehead atoms. The molecule has 7 heteroatoms. The van der Waals surface area contributed by atoms with E-state index in [0.29, 0.717) is 5.56 Å². The number of hydrogen-bond donors (Lipinski definition) is 1. The SMILES string of the molecule is NCc1cnc(Oc2ccccc2C(F)(F)F)c(Cl)c1. The molecule has 1 aromatic heterocycles. The van der Waals surface area contributed by atoms with E-state index in [0.717, 1.165) is 6.07 Å². The maximum absolute atomic E-state index is 12.8. The zero-order valence-corrected chi connectivity index (χ0v) is 10.9. The smallest absolute Gasteiger partial charge is 0.419 e. The minimum absolute atomic E-state index is 0.0967. The molecule has 0 saturated heterocycles. The van der Waals surface area contributed by atoms with Crippen molar-refractivity contribution in [3.63, 3.8) is 0 Å². The van der Waals surface area contributed by atoms with E-state index in [1.54, 1.807) is 0 Å². The lowest BCUT2D eigenvalue weighted by atomic mass is 10.2. The fourth-order valence-corrected chi connectivity index (χ4v) is 1.77. The van der Waals surface area contributed by atoms with Gasteiger partial charge in [-0.25, -0.2) is 4.98 Å². The molecule has 106 valence electrons. The third kappa shape index (κ3) is 3.20. The standard InChI is InChI=1S/C13H10ClF3N2O/c14-10-5-8(6-18)7-19-12(10)20-11-4-2-1-3-9(11)13(15,16)17/h1-5,7H,6,18H2. The van der Waals surface area contributed by atoms with Gasteiger partial charge in [0.1, 0.15) is 10.8 Å². The first-order valence-corrected chi connectivity index (χ1v) is 5.98. The first-order chi connectivity index (χ1) is 9.41. The summed E-state index contributed by atoms with van der Waals surface area (Å²) in [6.07, 6.45) is -3.11. The summed E-state index contributed by atoms with van der Waals surface area (Å²) in [5.74, 6) is -0.449. The second-order valence-corrected chi connectivity index (χ2v) is 4.34. The number of rotatable bonds is 3. The van der Waals surface area contributed by atoms with Crippen LogP contribution in [0.2, 0.25) is 5.02 Å². The molecule has 0 unspecified atom stereocenters. The molecular formula is C13H10ClF3N2O. The van der Waals surface area contributed by atoms with Crippen molar-refractivity contribution in [2.75, 3.05) is 0 Å². The lowest BCUT2D eigenvalue weighted by Crippen LogP contribution is -2.07. The summed E-state index contributed by atoms with van der Waals surface area (Å²) in [5.41, 5.74) is 5.18. The molecule has 0 aliphatic heterocycles. The summed E-state index contributed by atoms with van der Waals surface area (Å²) < 4.78 is 43.6. The van der Waals surface area contributed by atoms with Crippen LogP contribution in [-0.2, 0) is 12.7 Å². The number of aromatic nitrogens is 1. The summed E-state index contributed by atoms with van der Waals surface area (Å²) in [5, 5.41) is 0.102. The zero-order valence-electron chi connectivity index (χ0n) is 10.1. The highest BCUT2D eigenvalue weighted by atomic mass is 35.5. The minimum atomic E-state index is -4.51. The van der Waals surface area contributed by atoms with Gasteiger partial charge >= 0.3 is 6.18 Å². The lowest BCUT2D eigenvalue weighted by molar-refractivity contribution is -0.138. The van der Waals surface area contributed by atoms with Crippen molar-refractivity contribution in [2.24, 2.45) is 5.73 Å². The Morgan fingerprint density at radius 2 is 1.95 bits per heavy atom. The number of nitrogens with zero attached hydrogens (tertiary/aromatic N) is 1. The van der Waals surface area contributed by atoms with E-state index < -0.39 is 11.7 Å². The van der Waals surface area contributed by atoms with Gasteiger partial charge in [0.25, 0.3) is 0 Å². The van der Waals surface area contributed by atoms with Crippen LogP contribution in [0.1, 0.15) is 11.1 Å². The second kappa shape index (κ2) is 5.68. The normalized spacial score (nSPS) is 11.4. The fourth-order valence-electron chi connectivity index (χ4n) is 1.55. The molecule has 0 aliphatic carbocycles. The molecule has 3 nitrogen and oxygen atoms in total. The van der Waals surface area contributed by atoms with Crippen LogP contribution in [0.15, 0.2) is 36.5 Å². The van der Waals surface area contributed by atoms with Gasteiger partial charge in [-0.3, -0.25) is 0 Å². The Bertz CT molecular complexity index is 617. The van der Waals surface area contributed by atoms with Crippen molar-refractivity contribution in [3.8, 4) is 11.6 Å². The Balaban J connectivity index is 2.36. The van der Waals surface area contributed by atoms with Crippen LogP contribution < -0.4 is 10.5 Å². The van der Waals surface area contributed by atoms with Gasteiger partial charge in [0.2, 0.25) is 5.88 Å². The van der Waals surface area contributed by atoms with Crippen molar-refractivity contribution in [1.82, 2.24) is 4.98 Å². The largest absolute Gasteiger partial charge is 0.437 e. The van der Waals surface area contributed by atoms with E-state index in [4.69, 9.17) is 22.1 Å². The molecule has 2 N–H and O–H groups in total. The highest BCUT2D eigenvalue weighted by molar-refractivity contribution is 6.31. The Kier molecular flexibility index (Phi) is 4.15. The number of nitrogens with two attached hydrogens (primary N) is 1.